The summed E-state index contributed by atoms with van der Waals surface area (Å²) in [7, 11) is 0. The number of fused-ring (bicyclic) bond motifs is 1. The molecule has 0 aliphatic carbocycles. The highest BCUT2D eigenvalue weighted by atomic mass is 16.7. The van der Waals surface area contributed by atoms with Gasteiger partial charge in [0.1, 0.15) is 0 Å². The lowest BCUT2D eigenvalue weighted by Crippen LogP contribution is -2.35. The van der Waals surface area contributed by atoms with Crippen molar-refractivity contribution in [2.45, 2.75) is 19.4 Å². The summed E-state index contributed by atoms with van der Waals surface area (Å²) in [6.07, 6.45) is 0. The number of ether oxygens (including phenoxy) is 2. The molecule has 0 spiro atoms. The smallest absolute Gasteiger partial charge is 0.231 e. The van der Waals surface area contributed by atoms with Crippen LogP contribution < -0.4 is 14.8 Å². The Balaban J connectivity index is 1.92. The van der Waals surface area contributed by atoms with Gasteiger partial charge >= 0.3 is 0 Å². The van der Waals surface area contributed by atoms with Gasteiger partial charge in [0.25, 0.3) is 0 Å². The van der Waals surface area contributed by atoms with E-state index in [0.717, 1.165) is 22.7 Å². The van der Waals surface area contributed by atoms with E-state index in [-0.39, 0.29) is 13.4 Å². The summed E-state index contributed by atoms with van der Waals surface area (Å²) in [6.45, 7) is 4.23. The van der Waals surface area contributed by atoms with E-state index < -0.39 is 5.54 Å². The molecule has 1 aliphatic heterocycles. The minimum atomic E-state index is -0.589. The zero-order chi connectivity index (χ0) is 14.9. The highest BCUT2D eigenvalue weighted by Crippen LogP contribution is 2.36. The highest BCUT2D eigenvalue weighted by Gasteiger charge is 2.28. The summed E-state index contributed by atoms with van der Waals surface area (Å²) in [4.78, 5) is 0. The maximum absolute atomic E-state index is 9.88. The van der Waals surface area contributed by atoms with E-state index in [0.29, 0.717) is 0 Å². The Bertz CT molecular complexity index is 656. The molecule has 110 valence electrons. The third-order valence-electron chi connectivity index (χ3n) is 3.76. The third kappa shape index (κ3) is 2.67. The minimum absolute atomic E-state index is 0.0272. The number of rotatable bonds is 4. The summed E-state index contributed by atoms with van der Waals surface area (Å²) in [5.74, 6) is 1.47. The van der Waals surface area contributed by atoms with Crippen LogP contribution in [-0.4, -0.2) is 18.5 Å². The van der Waals surface area contributed by atoms with Crippen LogP contribution in [0.15, 0.2) is 42.5 Å². The quantitative estimate of drug-likeness (QED) is 0.906. The Morgan fingerprint density at radius 1 is 1.14 bits per heavy atom. The van der Waals surface area contributed by atoms with Crippen LogP contribution in [0.5, 0.6) is 11.5 Å². The lowest BCUT2D eigenvalue weighted by atomic mass is 9.92. The molecule has 1 atom stereocenters. The summed E-state index contributed by atoms with van der Waals surface area (Å²) < 4.78 is 10.7. The van der Waals surface area contributed by atoms with Gasteiger partial charge in [-0.25, -0.2) is 0 Å². The molecule has 0 fully saturated rings. The van der Waals surface area contributed by atoms with Gasteiger partial charge in [-0.2, -0.15) is 0 Å². The lowest BCUT2D eigenvalue weighted by Gasteiger charge is -2.31. The molecule has 2 aromatic carbocycles. The van der Waals surface area contributed by atoms with Crippen molar-refractivity contribution in [3.8, 4) is 11.5 Å². The summed E-state index contributed by atoms with van der Waals surface area (Å²) in [5.41, 5.74) is 2.51. The molecular formula is C17H19NO3. The second-order valence-corrected chi connectivity index (χ2v) is 5.55. The summed E-state index contributed by atoms with van der Waals surface area (Å²) in [5, 5.41) is 13.3. The first-order valence-corrected chi connectivity index (χ1v) is 6.96. The van der Waals surface area contributed by atoms with Gasteiger partial charge in [-0.1, -0.05) is 18.2 Å². The Morgan fingerprint density at radius 3 is 2.71 bits per heavy atom. The molecule has 0 saturated carbocycles. The lowest BCUT2D eigenvalue weighted by molar-refractivity contribution is 0.173. The van der Waals surface area contributed by atoms with Crippen LogP contribution >= 0.6 is 0 Å². The fraction of sp³-hybridized carbons (Fsp3) is 0.294. The first-order chi connectivity index (χ1) is 10.1. The van der Waals surface area contributed by atoms with Gasteiger partial charge in [0, 0.05) is 5.69 Å². The van der Waals surface area contributed by atoms with Gasteiger partial charge in [0.15, 0.2) is 11.5 Å². The number of aliphatic hydroxyl groups excluding tert-OH is 1. The fourth-order valence-corrected chi connectivity index (χ4v) is 2.48. The molecule has 0 bridgehead atoms. The predicted octanol–water partition coefficient (Wildman–Crippen LogP) is 3.04. The molecule has 4 heteroatoms. The van der Waals surface area contributed by atoms with Crippen LogP contribution in [0.4, 0.5) is 5.69 Å². The third-order valence-corrected chi connectivity index (χ3v) is 3.76. The van der Waals surface area contributed by atoms with Crippen LogP contribution in [0.2, 0.25) is 0 Å². The van der Waals surface area contributed by atoms with E-state index >= 15 is 0 Å². The van der Waals surface area contributed by atoms with E-state index in [1.807, 2.05) is 50.2 Å². The van der Waals surface area contributed by atoms with Crippen molar-refractivity contribution in [2.75, 3.05) is 18.7 Å². The maximum atomic E-state index is 9.88. The van der Waals surface area contributed by atoms with Gasteiger partial charge in [-0.05, 0) is 49.2 Å². The maximum Gasteiger partial charge on any atom is 0.231 e. The van der Waals surface area contributed by atoms with E-state index in [4.69, 9.17) is 9.47 Å². The van der Waals surface area contributed by atoms with Crippen molar-refractivity contribution in [1.29, 1.82) is 0 Å². The molecule has 1 aliphatic rings. The molecule has 3 rings (SSSR count). The van der Waals surface area contributed by atoms with Gasteiger partial charge in [-0.3, -0.25) is 0 Å². The molecule has 4 nitrogen and oxygen atoms in total. The van der Waals surface area contributed by atoms with Gasteiger partial charge in [0.05, 0.1) is 12.1 Å². The average Bonchev–Trinajstić information content (AvgIpc) is 2.94. The van der Waals surface area contributed by atoms with Crippen molar-refractivity contribution in [3.05, 3.63) is 53.6 Å². The van der Waals surface area contributed by atoms with Crippen molar-refractivity contribution >= 4 is 5.69 Å². The standard InChI is InChI=1S/C17H19NO3/c1-12-4-3-5-14(8-12)18-17(2,10-19)13-6-7-15-16(9-13)21-11-20-15/h3-9,18-19H,10-11H2,1-2H3. The SMILES string of the molecule is Cc1cccc(NC(C)(CO)c2ccc3c(c2)OCO3)c1. The van der Waals surface area contributed by atoms with Crippen LogP contribution in [0.3, 0.4) is 0 Å². The molecule has 2 aromatic rings. The molecule has 0 aromatic heterocycles. The normalized spacial score (nSPS) is 15.6. The van der Waals surface area contributed by atoms with E-state index in [9.17, 15) is 5.11 Å². The van der Waals surface area contributed by atoms with Gasteiger partial charge < -0.3 is 19.9 Å². The van der Waals surface area contributed by atoms with Crippen LogP contribution in [0.25, 0.3) is 0 Å². The Morgan fingerprint density at radius 2 is 1.95 bits per heavy atom. The van der Waals surface area contributed by atoms with Crippen molar-refractivity contribution in [2.24, 2.45) is 0 Å². The van der Waals surface area contributed by atoms with E-state index in [1.165, 1.54) is 5.56 Å². The molecule has 0 radical (unpaired) electrons. The van der Waals surface area contributed by atoms with E-state index in [2.05, 4.69) is 11.4 Å². The van der Waals surface area contributed by atoms with Crippen molar-refractivity contribution in [1.82, 2.24) is 0 Å². The summed E-state index contributed by atoms with van der Waals surface area (Å²) >= 11 is 0. The number of nitrogens with one attached hydrogen (secondary N) is 1. The van der Waals surface area contributed by atoms with Gasteiger partial charge in [-0.15, -0.1) is 0 Å². The summed E-state index contributed by atoms with van der Waals surface area (Å²) in [6, 6.07) is 13.8. The average molecular weight is 285 g/mol. The number of hydrogen-bond donors (Lipinski definition) is 2. The Kier molecular flexibility index (Phi) is 3.47. The monoisotopic (exact) mass is 285 g/mol. The number of aryl methyl sites for hydroxylation is 1. The minimum Gasteiger partial charge on any atom is -0.454 e. The molecule has 2 N–H and O–H groups in total. The van der Waals surface area contributed by atoms with Crippen molar-refractivity contribution in [3.63, 3.8) is 0 Å². The highest BCUT2D eigenvalue weighted by molar-refractivity contribution is 5.52. The largest absolute Gasteiger partial charge is 0.454 e. The zero-order valence-electron chi connectivity index (χ0n) is 12.2. The van der Waals surface area contributed by atoms with Crippen LogP contribution in [0.1, 0.15) is 18.1 Å². The Hall–Kier alpha value is -2.20. The number of aliphatic hydroxyl groups is 1. The van der Waals surface area contributed by atoms with Crippen LogP contribution in [0, 0.1) is 6.92 Å². The second kappa shape index (κ2) is 5.30. The molecule has 0 amide bonds. The Labute approximate surface area is 124 Å². The first-order valence-electron chi connectivity index (χ1n) is 6.96. The number of hydrogen-bond acceptors (Lipinski definition) is 4. The molecule has 0 saturated heterocycles. The topological polar surface area (TPSA) is 50.7 Å². The molecule has 21 heavy (non-hydrogen) atoms. The van der Waals surface area contributed by atoms with Gasteiger partial charge in [0.2, 0.25) is 6.79 Å². The zero-order valence-corrected chi connectivity index (χ0v) is 12.2. The molecule has 1 heterocycles. The predicted molar refractivity (Wildman–Crippen MR) is 81.8 cm³/mol. The first kappa shape index (κ1) is 13.8. The molecular weight excluding hydrogens is 266 g/mol. The van der Waals surface area contributed by atoms with Crippen LogP contribution in [-0.2, 0) is 5.54 Å². The number of benzene rings is 2. The number of anilines is 1. The van der Waals surface area contributed by atoms with Crippen molar-refractivity contribution < 1.29 is 14.6 Å². The molecule has 1 unspecified atom stereocenters. The second-order valence-electron chi connectivity index (χ2n) is 5.55. The fourth-order valence-electron chi connectivity index (χ4n) is 2.48. The van der Waals surface area contributed by atoms with E-state index in [1.54, 1.807) is 0 Å².